The van der Waals surface area contributed by atoms with Gasteiger partial charge in [0.25, 0.3) is 0 Å². The molecule has 1 fully saturated rings. The summed E-state index contributed by atoms with van der Waals surface area (Å²) in [6.07, 6.45) is 1.60. The molecule has 0 unspecified atom stereocenters. The summed E-state index contributed by atoms with van der Waals surface area (Å²) in [5, 5.41) is 2.57. The summed E-state index contributed by atoms with van der Waals surface area (Å²) in [7, 11) is 1.64. The van der Waals surface area contributed by atoms with Gasteiger partial charge < -0.3 is 19.9 Å². The molecule has 2 heterocycles. The first-order valence-electron chi connectivity index (χ1n) is 8.49. The minimum absolute atomic E-state index is 0.385. The normalized spacial score (nSPS) is 14.1. The highest BCUT2D eigenvalue weighted by Crippen LogP contribution is 2.28. The first-order valence-corrected chi connectivity index (χ1v) is 8.49. The van der Waals surface area contributed by atoms with Crippen LogP contribution in [-0.4, -0.2) is 55.0 Å². The predicted octanol–water partition coefficient (Wildman–Crippen LogP) is 1.69. The Balaban J connectivity index is 1.59. The molecule has 1 N–H and O–H groups in total. The number of anilines is 2. The van der Waals surface area contributed by atoms with Crippen LogP contribution in [0.15, 0.2) is 42.6 Å². The number of amides is 2. The molecule has 0 bridgehead atoms. The Bertz CT molecular complexity index is 801. The molecule has 0 atom stereocenters. The molecule has 2 amide bonds. The number of hydrogen-bond donors (Lipinski definition) is 1. The van der Waals surface area contributed by atoms with E-state index >= 15 is 0 Å². The van der Waals surface area contributed by atoms with Crippen molar-refractivity contribution in [3.63, 3.8) is 0 Å². The number of para-hydroxylation sites is 2. The van der Waals surface area contributed by atoms with Crippen molar-refractivity contribution >= 4 is 23.3 Å². The predicted molar refractivity (Wildman–Crippen MR) is 99.4 cm³/mol. The number of aryl methyl sites for hydroxylation is 1. The molecule has 7 nitrogen and oxygen atoms in total. The molecule has 3 rings (SSSR count). The van der Waals surface area contributed by atoms with E-state index < -0.39 is 11.8 Å². The minimum Gasteiger partial charge on any atom is -0.495 e. The molecule has 0 spiro atoms. The van der Waals surface area contributed by atoms with Crippen LogP contribution in [0, 0.1) is 6.92 Å². The van der Waals surface area contributed by atoms with Gasteiger partial charge in [0.2, 0.25) is 0 Å². The Morgan fingerprint density at radius 3 is 2.54 bits per heavy atom. The van der Waals surface area contributed by atoms with E-state index in [-0.39, 0.29) is 0 Å². The monoisotopic (exact) mass is 354 g/mol. The Kier molecular flexibility index (Phi) is 5.36. The number of piperazine rings is 1. The zero-order valence-corrected chi connectivity index (χ0v) is 14.9. The van der Waals surface area contributed by atoms with Gasteiger partial charge in [0.1, 0.15) is 11.6 Å². The lowest BCUT2D eigenvalue weighted by Gasteiger charge is -2.36. The largest absolute Gasteiger partial charge is 0.495 e. The standard InChI is InChI=1S/C19H22N4O3/c1-14-7-8-20-17(13-14)21-18(24)19(25)23-11-9-22(10-12-23)15-5-3-4-6-16(15)26-2/h3-8,13H,9-12H2,1-2H3,(H,20,21,24). The molecule has 7 heteroatoms. The maximum atomic E-state index is 12.4. The van der Waals surface area contributed by atoms with E-state index in [1.807, 2.05) is 37.3 Å². The Morgan fingerprint density at radius 1 is 1.12 bits per heavy atom. The molecule has 0 aliphatic carbocycles. The highest BCUT2D eigenvalue weighted by Gasteiger charge is 2.27. The summed E-state index contributed by atoms with van der Waals surface area (Å²) >= 11 is 0. The van der Waals surface area contributed by atoms with Gasteiger partial charge >= 0.3 is 11.8 Å². The van der Waals surface area contributed by atoms with Gasteiger partial charge in [-0.2, -0.15) is 0 Å². The Morgan fingerprint density at radius 2 is 1.85 bits per heavy atom. The molecule has 1 saturated heterocycles. The lowest BCUT2D eigenvalue weighted by molar-refractivity contribution is -0.143. The second kappa shape index (κ2) is 7.86. The van der Waals surface area contributed by atoms with Crippen LogP contribution >= 0.6 is 0 Å². The summed E-state index contributed by atoms with van der Waals surface area (Å²) in [5.74, 6) is -0.00614. The third kappa shape index (κ3) is 3.93. The molecule has 1 aromatic heterocycles. The number of nitrogens with one attached hydrogen (secondary N) is 1. The number of nitrogens with zero attached hydrogens (tertiary/aromatic N) is 3. The van der Waals surface area contributed by atoms with Crippen LogP contribution in [0.25, 0.3) is 0 Å². The lowest BCUT2D eigenvalue weighted by atomic mass is 10.2. The van der Waals surface area contributed by atoms with Crippen LogP contribution in [0.1, 0.15) is 5.56 Å². The third-order valence-electron chi connectivity index (χ3n) is 4.34. The zero-order valence-electron chi connectivity index (χ0n) is 14.9. The fourth-order valence-corrected chi connectivity index (χ4v) is 2.96. The van der Waals surface area contributed by atoms with Crippen LogP contribution in [-0.2, 0) is 9.59 Å². The SMILES string of the molecule is COc1ccccc1N1CCN(C(=O)C(=O)Nc2cc(C)ccn2)CC1. The second-order valence-electron chi connectivity index (χ2n) is 6.12. The van der Waals surface area contributed by atoms with E-state index in [4.69, 9.17) is 4.74 Å². The van der Waals surface area contributed by atoms with Crippen molar-refractivity contribution in [2.45, 2.75) is 6.92 Å². The van der Waals surface area contributed by atoms with E-state index in [1.165, 1.54) is 0 Å². The van der Waals surface area contributed by atoms with E-state index in [9.17, 15) is 9.59 Å². The molecule has 0 radical (unpaired) electrons. The van der Waals surface area contributed by atoms with E-state index in [1.54, 1.807) is 24.3 Å². The van der Waals surface area contributed by atoms with E-state index in [0.29, 0.717) is 32.0 Å². The van der Waals surface area contributed by atoms with Crippen LogP contribution < -0.4 is 15.0 Å². The van der Waals surface area contributed by atoms with Gasteiger partial charge in [0, 0.05) is 32.4 Å². The minimum atomic E-state index is -0.658. The van der Waals surface area contributed by atoms with Gasteiger partial charge in [-0.05, 0) is 36.8 Å². The maximum absolute atomic E-state index is 12.4. The van der Waals surface area contributed by atoms with Crippen molar-refractivity contribution in [1.29, 1.82) is 0 Å². The van der Waals surface area contributed by atoms with Crippen LogP contribution in [0.2, 0.25) is 0 Å². The number of aromatic nitrogens is 1. The summed E-state index contributed by atoms with van der Waals surface area (Å²) in [6.45, 7) is 4.14. The summed E-state index contributed by atoms with van der Waals surface area (Å²) in [4.78, 5) is 32.4. The van der Waals surface area contributed by atoms with Crippen LogP contribution in [0.3, 0.4) is 0 Å². The van der Waals surface area contributed by atoms with Gasteiger partial charge in [-0.1, -0.05) is 12.1 Å². The molecule has 0 saturated carbocycles. The topological polar surface area (TPSA) is 74.8 Å². The first kappa shape index (κ1) is 17.7. The van der Waals surface area contributed by atoms with Gasteiger partial charge in [-0.15, -0.1) is 0 Å². The van der Waals surface area contributed by atoms with Gasteiger partial charge in [-0.25, -0.2) is 4.98 Å². The summed E-state index contributed by atoms with van der Waals surface area (Å²) < 4.78 is 5.39. The van der Waals surface area contributed by atoms with Gasteiger partial charge in [0.15, 0.2) is 0 Å². The number of methoxy groups -OCH3 is 1. The highest BCUT2D eigenvalue weighted by atomic mass is 16.5. The molecular weight excluding hydrogens is 332 g/mol. The zero-order chi connectivity index (χ0) is 18.5. The second-order valence-corrected chi connectivity index (χ2v) is 6.12. The average Bonchev–Trinajstić information content (AvgIpc) is 2.67. The lowest BCUT2D eigenvalue weighted by Crippen LogP contribution is -2.51. The maximum Gasteiger partial charge on any atom is 0.315 e. The molecule has 136 valence electrons. The average molecular weight is 354 g/mol. The number of hydrogen-bond acceptors (Lipinski definition) is 5. The molecular formula is C19H22N4O3. The fraction of sp³-hybridized carbons (Fsp3) is 0.316. The number of rotatable bonds is 3. The Hall–Kier alpha value is -3.09. The molecule has 2 aromatic rings. The van der Waals surface area contributed by atoms with Crippen molar-refractivity contribution in [2.75, 3.05) is 43.5 Å². The molecule has 1 aliphatic rings. The van der Waals surface area contributed by atoms with Crippen molar-refractivity contribution in [2.24, 2.45) is 0 Å². The third-order valence-corrected chi connectivity index (χ3v) is 4.34. The van der Waals surface area contributed by atoms with Crippen LogP contribution in [0.5, 0.6) is 5.75 Å². The number of benzene rings is 1. The first-order chi connectivity index (χ1) is 12.6. The van der Waals surface area contributed by atoms with Gasteiger partial charge in [0.05, 0.1) is 12.8 Å². The smallest absolute Gasteiger partial charge is 0.315 e. The van der Waals surface area contributed by atoms with E-state index in [2.05, 4.69) is 15.2 Å². The van der Waals surface area contributed by atoms with Crippen molar-refractivity contribution < 1.29 is 14.3 Å². The summed E-state index contributed by atoms with van der Waals surface area (Å²) in [6, 6.07) is 11.3. The van der Waals surface area contributed by atoms with E-state index in [0.717, 1.165) is 17.0 Å². The number of carbonyl (C=O) groups excluding carboxylic acids is 2. The van der Waals surface area contributed by atoms with Crippen molar-refractivity contribution in [1.82, 2.24) is 9.88 Å². The summed E-state index contributed by atoms with van der Waals surface area (Å²) in [5.41, 5.74) is 1.96. The number of pyridine rings is 1. The highest BCUT2D eigenvalue weighted by molar-refractivity contribution is 6.39. The molecule has 26 heavy (non-hydrogen) atoms. The fourth-order valence-electron chi connectivity index (χ4n) is 2.96. The molecule has 1 aliphatic heterocycles. The molecule has 1 aromatic carbocycles. The van der Waals surface area contributed by atoms with Crippen LogP contribution in [0.4, 0.5) is 11.5 Å². The number of carbonyl (C=O) groups is 2. The van der Waals surface area contributed by atoms with Gasteiger partial charge in [-0.3, -0.25) is 9.59 Å². The Labute approximate surface area is 152 Å². The quantitative estimate of drug-likeness (QED) is 0.849. The number of ether oxygens (including phenoxy) is 1. The van der Waals surface area contributed by atoms with Crippen molar-refractivity contribution in [3.8, 4) is 5.75 Å². The van der Waals surface area contributed by atoms with Crippen molar-refractivity contribution in [3.05, 3.63) is 48.2 Å².